The van der Waals surface area contributed by atoms with E-state index < -0.39 is 0 Å². The molecule has 0 atom stereocenters. The second-order valence-corrected chi connectivity index (χ2v) is 6.37. The molecule has 3 aromatic rings. The maximum Gasteiger partial charge on any atom is 0.259 e. The number of ether oxygens (including phenoxy) is 1. The van der Waals surface area contributed by atoms with E-state index >= 15 is 0 Å². The van der Waals surface area contributed by atoms with Gasteiger partial charge in [-0.25, -0.2) is 5.43 Å². The summed E-state index contributed by atoms with van der Waals surface area (Å²) < 4.78 is 5.39. The average molecular weight is 361 g/mol. The second-order valence-electron chi connectivity index (χ2n) is 6.37. The van der Waals surface area contributed by atoms with Crippen LogP contribution in [0.25, 0.3) is 10.8 Å². The summed E-state index contributed by atoms with van der Waals surface area (Å²) in [5, 5.41) is 9.24. The van der Waals surface area contributed by atoms with E-state index in [4.69, 9.17) is 4.74 Å². The first-order valence-corrected chi connectivity index (χ1v) is 8.77. The van der Waals surface area contributed by atoms with Crippen molar-refractivity contribution in [2.45, 2.75) is 13.8 Å². The molecule has 0 saturated heterocycles. The zero-order valence-corrected chi connectivity index (χ0v) is 15.7. The Balaban J connectivity index is 1.64. The Hall–Kier alpha value is -3.34. The Morgan fingerprint density at radius 2 is 1.85 bits per heavy atom. The van der Waals surface area contributed by atoms with Gasteiger partial charge in [-0.15, -0.1) is 0 Å². The van der Waals surface area contributed by atoms with Crippen LogP contribution in [0.5, 0.6) is 5.75 Å². The lowest BCUT2D eigenvalue weighted by Crippen LogP contribution is -2.26. The Bertz CT molecular complexity index is 996. The third kappa shape index (κ3) is 4.44. The van der Waals surface area contributed by atoms with Gasteiger partial charge in [0.1, 0.15) is 5.75 Å². The number of hydrogen-bond acceptors (Lipinski definition) is 4. The van der Waals surface area contributed by atoms with Gasteiger partial charge in [0.25, 0.3) is 5.91 Å². The van der Waals surface area contributed by atoms with Gasteiger partial charge in [-0.05, 0) is 43.0 Å². The molecule has 0 heterocycles. The van der Waals surface area contributed by atoms with E-state index in [1.165, 1.54) is 5.56 Å². The number of hydrazone groups is 1. The van der Waals surface area contributed by atoms with Crippen molar-refractivity contribution in [3.8, 4) is 5.75 Å². The summed E-state index contributed by atoms with van der Waals surface area (Å²) in [6.45, 7) is 4.21. The number of carbonyl (C=O) groups excluding carboxylic acids is 1. The highest BCUT2D eigenvalue weighted by molar-refractivity contribution is 6.02. The zero-order chi connectivity index (χ0) is 19.2. The molecule has 0 unspecified atom stereocenters. The summed E-state index contributed by atoms with van der Waals surface area (Å²) in [6, 6.07) is 17.8. The van der Waals surface area contributed by atoms with Gasteiger partial charge in [0.15, 0.2) is 0 Å². The average Bonchev–Trinajstić information content (AvgIpc) is 2.67. The molecule has 5 nitrogen and oxygen atoms in total. The normalized spacial score (nSPS) is 10.9. The molecule has 0 aliphatic heterocycles. The number of aryl methyl sites for hydroxylation is 2. The summed E-state index contributed by atoms with van der Waals surface area (Å²) in [4.78, 5) is 12.0. The summed E-state index contributed by atoms with van der Waals surface area (Å²) in [7, 11) is 1.65. The Morgan fingerprint density at radius 3 is 2.59 bits per heavy atom. The van der Waals surface area contributed by atoms with E-state index in [2.05, 4.69) is 21.9 Å². The van der Waals surface area contributed by atoms with Crippen LogP contribution in [0.3, 0.4) is 0 Å². The molecular weight excluding hydrogens is 338 g/mol. The van der Waals surface area contributed by atoms with Crippen LogP contribution in [-0.4, -0.2) is 25.8 Å². The molecule has 3 rings (SSSR count). The van der Waals surface area contributed by atoms with Crippen molar-refractivity contribution >= 4 is 28.6 Å². The van der Waals surface area contributed by atoms with Gasteiger partial charge in [-0.3, -0.25) is 4.79 Å². The molecule has 1 amide bonds. The first-order chi connectivity index (χ1) is 13.1. The fraction of sp³-hybridized carbons (Fsp3) is 0.182. The molecule has 0 radical (unpaired) electrons. The topological polar surface area (TPSA) is 62.7 Å². The third-order valence-corrected chi connectivity index (χ3v) is 4.35. The minimum atomic E-state index is -0.205. The largest absolute Gasteiger partial charge is 0.496 e. The first kappa shape index (κ1) is 18.5. The van der Waals surface area contributed by atoms with Crippen molar-refractivity contribution in [1.82, 2.24) is 5.43 Å². The minimum Gasteiger partial charge on any atom is -0.496 e. The summed E-state index contributed by atoms with van der Waals surface area (Å²) in [5.41, 5.74) is 6.72. The van der Waals surface area contributed by atoms with Crippen LogP contribution in [-0.2, 0) is 4.79 Å². The van der Waals surface area contributed by atoms with Crippen molar-refractivity contribution in [2.75, 3.05) is 19.0 Å². The number of amides is 1. The van der Waals surface area contributed by atoms with Crippen LogP contribution in [0.15, 0.2) is 59.7 Å². The molecule has 138 valence electrons. The second kappa shape index (κ2) is 8.36. The van der Waals surface area contributed by atoms with Crippen LogP contribution in [0.4, 0.5) is 5.69 Å². The lowest BCUT2D eigenvalue weighted by Gasteiger charge is -2.09. The van der Waals surface area contributed by atoms with E-state index in [-0.39, 0.29) is 12.5 Å². The molecule has 27 heavy (non-hydrogen) atoms. The van der Waals surface area contributed by atoms with Crippen molar-refractivity contribution in [1.29, 1.82) is 0 Å². The molecule has 5 heteroatoms. The Morgan fingerprint density at radius 1 is 1.07 bits per heavy atom. The smallest absolute Gasteiger partial charge is 0.259 e. The maximum absolute atomic E-state index is 12.0. The quantitative estimate of drug-likeness (QED) is 0.515. The molecule has 2 N–H and O–H groups in total. The number of nitrogens with zero attached hydrogens (tertiary/aromatic N) is 1. The Labute approximate surface area is 159 Å². The number of fused-ring (bicyclic) bond motifs is 1. The highest BCUT2D eigenvalue weighted by Gasteiger charge is 2.05. The van der Waals surface area contributed by atoms with Gasteiger partial charge in [0.2, 0.25) is 0 Å². The summed E-state index contributed by atoms with van der Waals surface area (Å²) in [5.74, 6) is 0.605. The number of rotatable bonds is 6. The minimum absolute atomic E-state index is 0.157. The zero-order valence-electron chi connectivity index (χ0n) is 15.7. The van der Waals surface area contributed by atoms with E-state index in [0.29, 0.717) is 0 Å². The van der Waals surface area contributed by atoms with Crippen LogP contribution >= 0.6 is 0 Å². The van der Waals surface area contributed by atoms with Gasteiger partial charge in [-0.2, -0.15) is 5.10 Å². The van der Waals surface area contributed by atoms with Gasteiger partial charge < -0.3 is 10.1 Å². The number of carbonyl (C=O) groups is 1. The summed E-state index contributed by atoms with van der Waals surface area (Å²) >= 11 is 0. The third-order valence-electron chi connectivity index (χ3n) is 4.35. The van der Waals surface area contributed by atoms with Crippen LogP contribution < -0.4 is 15.5 Å². The van der Waals surface area contributed by atoms with E-state index in [1.54, 1.807) is 13.3 Å². The molecule has 0 aliphatic carbocycles. The van der Waals surface area contributed by atoms with Crippen LogP contribution in [0.2, 0.25) is 0 Å². The van der Waals surface area contributed by atoms with Crippen molar-refractivity contribution in [3.63, 3.8) is 0 Å². The summed E-state index contributed by atoms with van der Waals surface area (Å²) in [6.07, 6.45) is 1.65. The lowest BCUT2D eigenvalue weighted by molar-refractivity contribution is -0.119. The number of hydrogen-bond donors (Lipinski definition) is 2. The highest BCUT2D eigenvalue weighted by atomic mass is 16.5. The molecule has 0 bridgehead atoms. The standard InChI is InChI=1S/C22H23N3O2/c1-15-8-10-20(16(2)12-15)23-14-22(26)25-24-13-17-9-11-21(27-3)19-7-5-4-6-18(17)19/h4-13,23H,14H2,1-3H3,(H,25,26). The van der Waals surface area contributed by atoms with Crippen LogP contribution in [0.1, 0.15) is 16.7 Å². The van der Waals surface area contributed by atoms with Crippen molar-refractivity contribution in [2.24, 2.45) is 5.10 Å². The van der Waals surface area contributed by atoms with Gasteiger partial charge >= 0.3 is 0 Å². The van der Waals surface area contributed by atoms with Gasteiger partial charge in [0.05, 0.1) is 19.9 Å². The number of methoxy groups -OCH3 is 1. The predicted octanol–water partition coefficient (Wildman–Crippen LogP) is 4.03. The lowest BCUT2D eigenvalue weighted by atomic mass is 10.0. The van der Waals surface area contributed by atoms with Crippen molar-refractivity contribution in [3.05, 3.63) is 71.3 Å². The van der Waals surface area contributed by atoms with Gasteiger partial charge in [0, 0.05) is 16.6 Å². The molecule has 0 spiro atoms. The monoisotopic (exact) mass is 361 g/mol. The fourth-order valence-electron chi connectivity index (χ4n) is 2.99. The van der Waals surface area contributed by atoms with Crippen LogP contribution in [0, 0.1) is 13.8 Å². The fourth-order valence-corrected chi connectivity index (χ4v) is 2.99. The number of anilines is 1. The van der Waals surface area contributed by atoms with E-state index in [9.17, 15) is 4.79 Å². The first-order valence-electron chi connectivity index (χ1n) is 8.77. The maximum atomic E-state index is 12.0. The predicted molar refractivity (Wildman–Crippen MR) is 111 cm³/mol. The Kier molecular flexibility index (Phi) is 5.71. The van der Waals surface area contributed by atoms with Gasteiger partial charge in [-0.1, -0.05) is 42.0 Å². The molecule has 0 fully saturated rings. The van der Waals surface area contributed by atoms with E-state index in [1.807, 2.05) is 62.4 Å². The van der Waals surface area contributed by atoms with Crippen molar-refractivity contribution < 1.29 is 9.53 Å². The molecule has 0 aliphatic rings. The molecule has 3 aromatic carbocycles. The number of benzene rings is 3. The van der Waals surface area contributed by atoms with E-state index in [0.717, 1.165) is 33.3 Å². The SMILES string of the molecule is COc1ccc(C=NNC(=O)CNc2ccc(C)cc2C)c2ccccc12. The highest BCUT2D eigenvalue weighted by Crippen LogP contribution is 2.27. The number of nitrogens with one attached hydrogen (secondary N) is 2. The molecular formula is C22H23N3O2. The molecule has 0 aromatic heterocycles. The molecule has 0 saturated carbocycles.